The Morgan fingerprint density at radius 1 is 1.08 bits per heavy atom. The van der Waals surface area contributed by atoms with Crippen molar-refractivity contribution in [2.45, 2.75) is 38.2 Å². The summed E-state index contributed by atoms with van der Waals surface area (Å²) in [6.45, 7) is 0.350. The Balaban J connectivity index is 1.92. The van der Waals surface area contributed by atoms with Gasteiger partial charge in [-0.1, -0.05) is 0 Å². The predicted molar refractivity (Wildman–Crippen MR) is 49.1 cm³/mol. The number of hydrogen-bond acceptors (Lipinski definition) is 2. The molecule has 4 aliphatic rings. The molecule has 0 aliphatic heterocycles. The van der Waals surface area contributed by atoms with E-state index < -0.39 is 0 Å². The molecule has 4 bridgehead atoms. The highest BCUT2D eigenvalue weighted by atomic mass is 16.3. The first kappa shape index (κ1) is 8.25. The standard InChI is InChI=1S/C11H18O2/c12-6-11-3-7-1-8(4-11)10(13)9(2-7)5-11/h7-10,12-13H,1-6H2/t7?,8-,9-,10?,11?/m1/s1. The van der Waals surface area contributed by atoms with Crippen LogP contribution < -0.4 is 0 Å². The second-order valence-electron chi connectivity index (χ2n) is 5.62. The Labute approximate surface area is 79.0 Å². The molecule has 74 valence electrons. The van der Waals surface area contributed by atoms with Crippen LogP contribution >= 0.6 is 0 Å². The first-order valence-electron chi connectivity index (χ1n) is 5.51. The first-order chi connectivity index (χ1) is 6.22. The predicted octanol–water partition coefficient (Wildman–Crippen LogP) is 1.17. The second-order valence-corrected chi connectivity index (χ2v) is 5.62. The van der Waals surface area contributed by atoms with E-state index in [-0.39, 0.29) is 11.5 Å². The molecule has 0 amide bonds. The van der Waals surface area contributed by atoms with E-state index >= 15 is 0 Å². The van der Waals surface area contributed by atoms with E-state index in [9.17, 15) is 10.2 Å². The van der Waals surface area contributed by atoms with Crippen molar-refractivity contribution in [1.29, 1.82) is 0 Å². The average Bonchev–Trinajstić information content (AvgIpc) is 2.13. The van der Waals surface area contributed by atoms with Gasteiger partial charge in [0.1, 0.15) is 0 Å². The minimum atomic E-state index is -0.0452. The summed E-state index contributed by atoms with van der Waals surface area (Å²) >= 11 is 0. The minimum Gasteiger partial charge on any atom is -0.396 e. The average molecular weight is 182 g/mol. The van der Waals surface area contributed by atoms with Crippen LogP contribution in [0, 0.1) is 23.2 Å². The van der Waals surface area contributed by atoms with Crippen molar-refractivity contribution in [3.05, 3.63) is 0 Å². The van der Waals surface area contributed by atoms with Crippen LogP contribution in [0.25, 0.3) is 0 Å². The van der Waals surface area contributed by atoms with Crippen molar-refractivity contribution in [3.63, 3.8) is 0 Å². The molecule has 4 fully saturated rings. The van der Waals surface area contributed by atoms with Gasteiger partial charge in [-0.3, -0.25) is 0 Å². The third-order valence-corrected chi connectivity index (χ3v) is 4.69. The molecule has 13 heavy (non-hydrogen) atoms. The largest absolute Gasteiger partial charge is 0.396 e. The summed E-state index contributed by atoms with van der Waals surface area (Å²) < 4.78 is 0. The molecular formula is C11H18O2. The van der Waals surface area contributed by atoms with Crippen molar-refractivity contribution in [3.8, 4) is 0 Å². The number of aliphatic hydroxyl groups excluding tert-OH is 2. The number of rotatable bonds is 1. The van der Waals surface area contributed by atoms with Crippen LogP contribution in [0.3, 0.4) is 0 Å². The quantitative estimate of drug-likeness (QED) is 0.639. The molecule has 4 aliphatic carbocycles. The molecule has 0 unspecified atom stereocenters. The highest BCUT2D eigenvalue weighted by Crippen LogP contribution is 2.59. The van der Waals surface area contributed by atoms with Crippen molar-refractivity contribution in [2.24, 2.45) is 23.2 Å². The summed E-state index contributed by atoms with van der Waals surface area (Å²) in [4.78, 5) is 0. The third-order valence-electron chi connectivity index (χ3n) is 4.69. The van der Waals surface area contributed by atoms with Crippen LogP contribution in [-0.4, -0.2) is 22.9 Å². The summed E-state index contributed by atoms with van der Waals surface area (Å²) in [7, 11) is 0. The molecule has 0 aromatic carbocycles. The van der Waals surface area contributed by atoms with Crippen LogP contribution in [0.15, 0.2) is 0 Å². The van der Waals surface area contributed by atoms with E-state index in [1.165, 1.54) is 19.3 Å². The molecule has 4 saturated carbocycles. The van der Waals surface area contributed by atoms with Gasteiger partial charge in [-0.2, -0.15) is 0 Å². The molecule has 0 radical (unpaired) electrons. The van der Waals surface area contributed by atoms with Crippen molar-refractivity contribution in [2.75, 3.05) is 6.61 Å². The molecule has 0 aromatic heterocycles. The van der Waals surface area contributed by atoms with Crippen LogP contribution in [0.4, 0.5) is 0 Å². The fourth-order valence-electron chi connectivity index (χ4n) is 4.36. The molecule has 4 rings (SSSR count). The molecule has 0 saturated heterocycles. The lowest BCUT2D eigenvalue weighted by Crippen LogP contribution is -2.54. The van der Waals surface area contributed by atoms with E-state index in [2.05, 4.69) is 0 Å². The van der Waals surface area contributed by atoms with E-state index in [1.54, 1.807) is 0 Å². The van der Waals surface area contributed by atoms with Gasteiger partial charge >= 0.3 is 0 Å². The maximum Gasteiger partial charge on any atom is 0.0597 e. The molecule has 0 heterocycles. The Bertz CT molecular complexity index is 210. The zero-order valence-corrected chi connectivity index (χ0v) is 7.95. The van der Waals surface area contributed by atoms with Crippen LogP contribution in [0.2, 0.25) is 0 Å². The lowest BCUT2D eigenvalue weighted by Gasteiger charge is -2.58. The van der Waals surface area contributed by atoms with Crippen LogP contribution in [0.1, 0.15) is 32.1 Å². The number of aliphatic hydroxyl groups is 2. The maximum atomic E-state index is 9.96. The molecule has 2 N–H and O–H groups in total. The summed E-state index contributed by atoms with van der Waals surface area (Å²) in [6.07, 6.45) is 5.79. The van der Waals surface area contributed by atoms with E-state index in [0.29, 0.717) is 18.4 Å². The van der Waals surface area contributed by atoms with Crippen molar-refractivity contribution in [1.82, 2.24) is 0 Å². The summed E-state index contributed by atoms with van der Waals surface area (Å²) in [5.41, 5.74) is 0.218. The van der Waals surface area contributed by atoms with Gasteiger partial charge in [0.15, 0.2) is 0 Å². The van der Waals surface area contributed by atoms with Crippen LogP contribution in [-0.2, 0) is 0 Å². The first-order valence-corrected chi connectivity index (χ1v) is 5.51. The molecule has 0 spiro atoms. The topological polar surface area (TPSA) is 40.5 Å². The highest BCUT2D eigenvalue weighted by Gasteiger charge is 2.54. The normalized spacial score (nSPS) is 58.6. The Hall–Kier alpha value is -0.0800. The summed E-state index contributed by atoms with van der Waals surface area (Å²) in [6, 6.07) is 0. The molecule has 0 aromatic rings. The zero-order valence-electron chi connectivity index (χ0n) is 7.95. The van der Waals surface area contributed by atoms with Gasteiger partial charge in [-0.25, -0.2) is 0 Å². The number of hydrogen-bond donors (Lipinski definition) is 2. The monoisotopic (exact) mass is 182 g/mol. The summed E-state index contributed by atoms with van der Waals surface area (Å²) in [5, 5.41) is 19.4. The van der Waals surface area contributed by atoms with E-state index in [1.807, 2.05) is 0 Å². The zero-order chi connectivity index (χ0) is 9.05. The summed E-state index contributed by atoms with van der Waals surface area (Å²) in [5.74, 6) is 1.84. The molecule has 2 nitrogen and oxygen atoms in total. The Morgan fingerprint density at radius 2 is 1.69 bits per heavy atom. The van der Waals surface area contributed by atoms with Crippen LogP contribution in [0.5, 0.6) is 0 Å². The van der Waals surface area contributed by atoms with Gasteiger partial charge in [-0.15, -0.1) is 0 Å². The van der Waals surface area contributed by atoms with Gasteiger partial charge in [0.25, 0.3) is 0 Å². The smallest absolute Gasteiger partial charge is 0.0597 e. The third kappa shape index (κ3) is 1.02. The highest BCUT2D eigenvalue weighted by molar-refractivity contribution is 5.04. The minimum absolute atomic E-state index is 0.0452. The lowest BCUT2D eigenvalue weighted by atomic mass is 9.49. The molecular weight excluding hydrogens is 164 g/mol. The van der Waals surface area contributed by atoms with Gasteiger partial charge in [0.05, 0.1) is 6.10 Å². The van der Waals surface area contributed by atoms with Gasteiger partial charge in [-0.05, 0) is 55.3 Å². The lowest BCUT2D eigenvalue weighted by molar-refractivity contribution is -0.147. The fraction of sp³-hybridized carbons (Fsp3) is 1.00. The van der Waals surface area contributed by atoms with E-state index in [4.69, 9.17) is 0 Å². The fourth-order valence-corrected chi connectivity index (χ4v) is 4.36. The van der Waals surface area contributed by atoms with Gasteiger partial charge in [0.2, 0.25) is 0 Å². The van der Waals surface area contributed by atoms with E-state index in [0.717, 1.165) is 18.8 Å². The second kappa shape index (κ2) is 2.48. The molecule has 2 atom stereocenters. The Kier molecular flexibility index (Phi) is 1.58. The maximum absolute atomic E-state index is 9.96. The SMILES string of the molecule is OCC12CC3C[C@H](C1)C(O)[C@H](C3)C2. The van der Waals surface area contributed by atoms with Crippen molar-refractivity contribution < 1.29 is 10.2 Å². The van der Waals surface area contributed by atoms with Crippen molar-refractivity contribution >= 4 is 0 Å². The van der Waals surface area contributed by atoms with Gasteiger partial charge < -0.3 is 10.2 Å². The molecule has 2 heteroatoms. The van der Waals surface area contributed by atoms with Gasteiger partial charge in [0, 0.05) is 6.61 Å². The Morgan fingerprint density at radius 3 is 2.23 bits per heavy atom.